The summed E-state index contributed by atoms with van der Waals surface area (Å²) in [7, 11) is 1.91. The summed E-state index contributed by atoms with van der Waals surface area (Å²) in [6.07, 6.45) is 3.74. The Bertz CT molecular complexity index is 521. The van der Waals surface area contributed by atoms with E-state index in [1.807, 2.05) is 24.9 Å². The van der Waals surface area contributed by atoms with E-state index in [2.05, 4.69) is 21.5 Å². The minimum atomic E-state index is 0.268. The van der Waals surface area contributed by atoms with Gasteiger partial charge >= 0.3 is 0 Å². The van der Waals surface area contributed by atoms with Gasteiger partial charge in [-0.3, -0.25) is 4.68 Å². The van der Waals surface area contributed by atoms with Crippen molar-refractivity contribution in [3.63, 3.8) is 0 Å². The summed E-state index contributed by atoms with van der Waals surface area (Å²) in [5, 5.41) is 17.5. The predicted octanol–water partition coefficient (Wildman–Crippen LogP) is 1.14. The largest absolute Gasteiger partial charge is 0.396 e. The first-order chi connectivity index (χ1) is 8.72. The monoisotopic (exact) mass is 248 g/mol. The number of fused-ring (bicyclic) bond motifs is 1. The molecule has 0 aliphatic carbocycles. The van der Waals surface area contributed by atoms with Gasteiger partial charge in [0.1, 0.15) is 0 Å². The first kappa shape index (κ1) is 13.0. The predicted molar refractivity (Wildman–Crippen MR) is 71.3 cm³/mol. The van der Waals surface area contributed by atoms with Crippen molar-refractivity contribution in [2.75, 3.05) is 13.2 Å². The molecule has 5 heteroatoms. The van der Waals surface area contributed by atoms with E-state index in [1.165, 1.54) is 5.56 Å². The van der Waals surface area contributed by atoms with E-state index in [-0.39, 0.29) is 6.61 Å². The number of aryl methyl sites for hydroxylation is 2. The maximum Gasteiger partial charge on any atom is 0.157 e. The van der Waals surface area contributed by atoms with Crippen LogP contribution in [0.1, 0.15) is 24.1 Å². The van der Waals surface area contributed by atoms with Crippen LogP contribution in [0.2, 0.25) is 0 Å². The lowest BCUT2D eigenvalue weighted by atomic mass is 10.2. The molecule has 0 aromatic carbocycles. The van der Waals surface area contributed by atoms with Crippen molar-refractivity contribution < 1.29 is 5.11 Å². The van der Waals surface area contributed by atoms with Gasteiger partial charge in [0.2, 0.25) is 0 Å². The Kier molecular flexibility index (Phi) is 4.28. The quantitative estimate of drug-likeness (QED) is 0.752. The van der Waals surface area contributed by atoms with Crippen molar-refractivity contribution in [2.45, 2.75) is 26.3 Å². The molecule has 2 aromatic rings. The Labute approximate surface area is 107 Å². The SMILES string of the molecule is Cc1nn(C)c2ncc(CNCCCCO)cc12. The lowest BCUT2D eigenvalue weighted by Crippen LogP contribution is -2.15. The van der Waals surface area contributed by atoms with Crippen LogP contribution in [0, 0.1) is 6.92 Å². The molecule has 98 valence electrons. The molecule has 0 bridgehead atoms. The maximum absolute atomic E-state index is 8.69. The van der Waals surface area contributed by atoms with Crippen molar-refractivity contribution in [3.05, 3.63) is 23.5 Å². The third-order valence-electron chi connectivity index (χ3n) is 3.01. The molecule has 0 saturated heterocycles. The summed E-state index contributed by atoms with van der Waals surface area (Å²) in [6, 6.07) is 2.14. The number of hydrogen-bond acceptors (Lipinski definition) is 4. The van der Waals surface area contributed by atoms with Crippen LogP contribution < -0.4 is 5.32 Å². The molecule has 0 atom stereocenters. The molecule has 0 spiro atoms. The summed E-state index contributed by atoms with van der Waals surface area (Å²) in [5.74, 6) is 0. The van der Waals surface area contributed by atoms with Crippen molar-refractivity contribution in [1.82, 2.24) is 20.1 Å². The minimum Gasteiger partial charge on any atom is -0.396 e. The molecule has 0 saturated carbocycles. The van der Waals surface area contributed by atoms with Gasteiger partial charge in [0.15, 0.2) is 5.65 Å². The first-order valence-electron chi connectivity index (χ1n) is 6.32. The van der Waals surface area contributed by atoms with Crippen molar-refractivity contribution >= 4 is 11.0 Å². The highest BCUT2D eigenvalue weighted by molar-refractivity contribution is 5.78. The molecule has 2 N–H and O–H groups in total. The average molecular weight is 248 g/mol. The van der Waals surface area contributed by atoms with E-state index in [1.54, 1.807) is 0 Å². The van der Waals surface area contributed by atoms with Crippen LogP contribution in [0.5, 0.6) is 0 Å². The number of aromatic nitrogens is 3. The van der Waals surface area contributed by atoms with Gasteiger partial charge in [-0.05, 0) is 37.9 Å². The Balaban J connectivity index is 1.99. The molecule has 0 fully saturated rings. The van der Waals surface area contributed by atoms with Crippen LogP contribution in [0.25, 0.3) is 11.0 Å². The molecule has 5 nitrogen and oxygen atoms in total. The number of rotatable bonds is 6. The van der Waals surface area contributed by atoms with E-state index in [4.69, 9.17) is 5.11 Å². The lowest BCUT2D eigenvalue weighted by molar-refractivity contribution is 0.283. The van der Waals surface area contributed by atoms with Crippen LogP contribution in [-0.4, -0.2) is 33.0 Å². The molecular weight excluding hydrogens is 228 g/mol. The van der Waals surface area contributed by atoms with Gasteiger partial charge < -0.3 is 10.4 Å². The van der Waals surface area contributed by atoms with Gasteiger partial charge in [-0.1, -0.05) is 0 Å². The summed E-state index contributed by atoms with van der Waals surface area (Å²) in [5.41, 5.74) is 3.11. The fraction of sp³-hybridized carbons (Fsp3) is 0.538. The fourth-order valence-corrected chi connectivity index (χ4v) is 2.04. The van der Waals surface area contributed by atoms with Gasteiger partial charge in [-0.2, -0.15) is 5.10 Å². The van der Waals surface area contributed by atoms with Crippen LogP contribution in [0.4, 0.5) is 0 Å². The topological polar surface area (TPSA) is 63.0 Å². The number of nitrogens with one attached hydrogen (secondary N) is 1. The molecule has 2 rings (SSSR count). The smallest absolute Gasteiger partial charge is 0.157 e. The highest BCUT2D eigenvalue weighted by atomic mass is 16.2. The van der Waals surface area contributed by atoms with Gasteiger partial charge in [0.05, 0.1) is 5.69 Å². The van der Waals surface area contributed by atoms with Crippen molar-refractivity contribution in [1.29, 1.82) is 0 Å². The Morgan fingerprint density at radius 2 is 2.22 bits per heavy atom. The van der Waals surface area contributed by atoms with Crippen molar-refractivity contribution in [3.8, 4) is 0 Å². The molecular formula is C13H20N4O. The zero-order valence-electron chi connectivity index (χ0n) is 11.0. The number of hydrogen-bond donors (Lipinski definition) is 2. The number of pyridine rings is 1. The van der Waals surface area contributed by atoms with E-state index < -0.39 is 0 Å². The van der Waals surface area contributed by atoms with Crippen molar-refractivity contribution in [2.24, 2.45) is 7.05 Å². The normalized spacial score (nSPS) is 11.3. The highest BCUT2D eigenvalue weighted by Crippen LogP contribution is 2.16. The van der Waals surface area contributed by atoms with Gasteiger partial charge in [0.25, 0.3) is 0 Å². The summed E-state index contributed by atoms with van der Waals surface area (Å²) < 4.78 is 1.81. The zero-order chi connectivity index (χ0) is 13.0. The van der Waals surface area contributed by atoms with Crippen LogP contribution in [0.3, 0.4) is 0 Å². The van der Waals surface area contributed by atoms with Crippen LogP contribution in [-0.2, 0) is 13.6 Å². The molecule has 0 amide bonds. The number of aliphatic hydroxyl groups excluding tert-OH is 1. The fourth-order valence-electron chi connectivity index (χ4n) is 2.04. The van der Waals surface area contributed by atoms with Gasteiger partial charge in [0, 0.05) is 31.8 Å². The second-order valence-electron chi connectivity index (χ2n) is 4.53. The molecule has 18 heavy (non-hydrogen) atoms. The van der Waals surface area contributed by atoms with Gasteiger partial charge in [-0.25, -0.2) is 4.98 Å². The second kappa shape index (κ2) is 5.93. The summed E-state index contributed by atoms with van der Waals surface area (Å²) >= 11 is 0. The number of unbranched alkanes of at least 4 members (excludes halogenated alkanes) is 1. The Hall–Kier alpha value is -1.46. The van der Waals surface area contributed by atoms with Crippen LogP contribution in [0.15, 0.2) is 12.3 Å². The van der Waals surface area contributed by atoms with E-state index >= 15 is 0 Å². The molecule has 0 radical (unpaired) electrons. The molecule has 2 aromatic heterocycles. The maximum atomic E-state index is 8.69. The summed E-state index contributed by atoms with van der Waals surface area (Å²) in [4.78, 5) is 4.44. The third-order valence-corrected chi connectivity index (χ3v) is 3.01. The number of aliphatic hydroxyl groups is 1. The van der Waals surface area contributed by atoms with E-state index in [0.29, 0.717) is 0 Å². The minimum absolute atomic E-state index is 0.268. The third kappa shape index (κ3) is 2.86. The summed E-state index contributed by atoms with van der Waals surface area (Å²) in [6.45, 7) is 4.00. The second-order valence-corrected chi connectivity index (χ2v) is 4.53. The molecule has 2 heterocycles. The standard InChI is InChI=1S/C13H20N4O/c1-10-12-7-11(8-14-5-3-4-6-18)9-15-13(12)17(2)16-10/h7,9,14,18H,3-6,8H2,1-2H3. The number of nitrogens with zero attached hydrogens (tertiary/aromatic N) is 3. The Morgan fingerprint density at radius 3 is 3.00 bits per heavy atom. The molecule has 0 unspecified atom stereocenters. The molecule has 0 aliphatic rings. The average Bonchev–Trinajstić information content (AvgIpc) is 2.65. The Morgan fingerprint density at radius 1 is 1.39 bits per heavy atom. The first-order valence-corrected chi connectivity index (χ1v) is 6.32. The van der Waals surface area contributed by atoms with E-state index in [9.17, 15) is 0 Å². The van der Waals surface area contributed by atoms with Gasteiger partial charge in [-0.15, -0.1) is 0 Å². The lowest BCUT2D eigenvalue weighted by Gasteiger charge is -2.04. The molecule has 0 aliphatic heterocycles. The van der Waals surface area contributed by atoms with Crippen LogP contribution >= 0.6 is 0 Å². The zero-order valence-corrected chi connectivity index (χ0v) is 11.0. The van der Waals surface area contributed by atoms with E-state index in [0.717, 1.165) is 42.7 Å². The highest BCUT2D eigenvalue weighted by Gasteiger charge is 2.06.